The van der Waals surface area contributed by atoms with E-state index in [1.165, 1.54) is 19.2 Å². The lowest BCUT2D eigenvalue weighted by Crippen LogP contribution is -2.31. The second-order valence-corrected chi connectivity index (χ2v) is 8.42. The number of carbonyl (C=O) groups excluding carboxylic acids is 2. The number of nitrogens with one attached hydrogen (secondary N) is 1. The summed E-state index contributed by atoms with van der Waals surface area (Å²) in [6.45, 7) is 0.755. The third kappa shape index (κ3) is 5.25. The molecule has 2 aromatic carbocycles. The first-order chi connectivity index (χ1) is 16.9. The highest BCUT2D eigenvalue weighted by atomic mass is 19.1. The molecular weight excluding hydrogens is 451 g/mol. The van der Waals surface area contributed by atoms with Gasteiger partial charge < -0.3 is 25.8 Å². The number of nitrogens with zero attached hydrogens (tertiary/aromatic N) is 2. The van der Waals surface area contributed by atoms with E-state index in [1.807, 2.05) is 12.1 Å². The van der Waals surface area contributed by atoms with Crippen molar-refractivity contribution in [2.24, 2.45) is 0 Å². The van der Waals surface area contributed by atoms with Gasteiger partial charge in [-0.1, -0.05) is 36.4 Å². The van der Waals surface area contributed by atoms with Crippen LogP contribution in [0, 0.1) is 5.82 Å². The zero-order valence-corrected chi connectivity index (χ0v) is 19.3. The number of likely N-dealkylation sites (tertiary alicyclic amines) is 1. The first-order valence-corrected chi connectivity index (χ1v) is 11.3. The first-order valence-electron chi connectivity index (χ1n) is 11.3. The number of ether oxygens (including phenoxy) is 1. The maximum absolute atomic E-state index is 15.0. The first kappa shape index (κ1) is 24.2. The molecule has 2 heterocycles. The van der Waals surface area contributed by atoms with Crippen LogP contribution in [0.15, 0.2) is 60.8 Å². The van der Waals surface area contributed by atoms with Crippen LogP contribution in [0.25, 0.3) is 11.1 Å². The predicted molar refractivity (Wildman–Crippen MR) is 129 cm³/mol. The second kappa shape index (κ2) is 10.5. The van der Waals surface area contributed by atoms with Crippen LogP contribution in [-0.2, 0) is 4.74 Å². The molecule has 1 unspecified atom stereocenters. The van der Waals surface area contributed by atoms with Gasteiger partial charge in [0.05, 0.1) is 25.3 Å². The number of benzene rings is 2. The summed E-state index contributed by atoms with van der Waals surface area (Å²) in [6.07, 6.45) is 2.05. The van der Waals surface area contributed by atoms with E-state index < -0.39 is 17.8 Å². The fourth-order valence-corrected chi connectivity index (χ4v) is 4.30. The molecular formula is C26H27FN4O4. The van der Waals surface area contributed by atoms with E-state index in [0.29, 0.717) is 29.8 Å². The summed E-state index contributed by atoms with van der Waals surface area (Å²) in [4.78, 5) is 30.4. The lowest BCUT2D eigenvalue weighted by atomic mass is 9.95. The molecule has 182 valence electrons. The molecule has 0 saturated carbocycles. The number of nitrogens with two attached hydrogens (primary N) is 1. The number of aromatic nitrogens is 1. The number of methoxy groups -OCH3 is 1. The van der Waals surface area contributed by atoms with Gasteiger partial charge in [-0.05, 0) is 41.3 Å². The third-order valence-corrected chi connectivity index (χ3v) is 6.25. The molecule has 1 aliphatic rings. The summed E-state index contributed by atoms with van der Waals surface area (Å²) in [6, 6.07) is 14.4. The van der Waals surface area contributed by atoms with Crippen LogP contribution in [0.3, 0.4) is 0 Å². The smallest absolute Gasteiger partial charge is 0.409 e. The van der Waals surface area contributed by atoms with Crippen molar-refractivity contribution in [3.63, 3.8) is 0 Å². The van der Waals surface area contributed by atoms with Crippen molar-refractivity contribution < 1.29 is 23.8 Å². The van der Waals surface area contributed by atoms with E-state index in [1.54, 1.807) is 41.4 Å². The fraction of sp³-hybridized carbons (Fsp3) is 0.269. The summed E-state index contributed by atoms with van der Waals surface area (Å²) >= 11 is 0. The number of carbonyl (C=O) groups is 2. The SMILES string of the molecule is COC(=O)N1CCC(c2cnc(N)c(-c3ccc(C(=O)N[C@H](CO)c4ccccc4)c(F)c3)c2)C1. The van der Waals surface area contributed by atoms with E-state index in [-0.39, 0.29) is 30.0 Å². The van der Waals surface area contributed by atoms with Crippen LogP contribution in [0.4, 0.5) is 15.0 Å². The molecule has 9 heteroatoms. The molecule has 3 aromatic rings. The van der Waals surface area contributed by atoms with Crippen LogP contribution in [-0.4, -0.2) is 53.8 Å². The Morgan fingerprint density at radius 1 is 1.26 bits per heavy atom. The summed E-state index contributed by atoms with van der Waals surface area (Å²) in [7, 11) is 1.35. The molecule has 0 spiro atoms. The number of aliphatic hydroxyl groups is 1. The van der Waals surface area contributed by atoms with Crippen molar-refractivity contribution in [2.75, 3.05) is 32.5 Å². The Labute approximate surface area is 202 Å². The fourth-order valence-electron chi connectivity index (χ4n) is 4.30. The van der Waals surface area contributed by atoms with Gasteiger partial charge >= 0.3 is 6.09 Å². The Morgan fingerprint density at radius 3 is 2.71 bits per heavy atom. The molecule has 0 aliphatic carbocycles. The second-order valence-electron chi connectivity index (χ2n) is 8.42. The largest absolute Gasteiger partial charge is 0.453 e. The minimum atomic E-state index is -0.715. The molecule has 0 radical (unpaired) electrons. The van der Waals surface area contributed by atoms with E-state index in [9.17, 15) is 14.7 Å². The molecule has 4 N–H and O–H groups in total. The molecule has 2 amide bonds. The zero-order chi connectivity index (χ0) is 24.9. The third-order valence-electron chi connectivity index (χ3n) is 6.25. The number of hydrogen-bond acceptors (Lipinski definition) is 6. The summed E-state index contributed by atoms with van der Waals surface area (Å²) in [5.74, 6) is -1.06. The number of hydrogen-bond donors (Lipinski definition) is 3. The van der Waals surface area contributed by atoms with Crippen molar-refractivity contribution in [3.8, 4) is 11.1 Å². The van der Waals surface area contributed by atoms with Crippen molar-refractivity contribution in [1.29, 1.82) is 0 Å². The van der Waals surface area contributed by atoms with Gasteiger partial charge in [0.15, 0.2) is 0 Å². The topological polar surface area (TPSA) is 118 Å². The molecule has 4 rings (SSSR count). The number of aliphatic hydroxyl groups excluding tert-OH is 1. The molecule has 1 saturated heterocycles. The number of pyridine rings is 1. The molecule has 2 atom stereocenters. The maximum Gasteiger partial charge on any atom is 0.409 e. The number of nitrogen functional groups attached to an aromatic ring is 1. The Hall–Kier alpha value is -3.98. The Morgan fingerprint density at radius 2 is 2.03 bits per heavy atom. The number of halogens is 1. The van der Waals surface area contributed by atoms with Crippen LogP contribution >= 0.6 is 0 Å². The van der Waals surface area contributed by atoms with E-state index >= 15 is 4.39 Å². The monoisotopic (exact) mass is 478 g/mol. The van der Waals surface area contributed by atoms with Crippen LogP contribution < -0.4 is 11.1 Å². The number of rotatable bonds is 6. The average Bonchev–Trinajstić information content (AvgIpc) is 3.38. The highest BCUT2D eigenvalue weighted by Gasteiger charge is 2.28. The van der Waals surface area contributed by atoms with Crippen molar-refractivity contribution >= 4 is 17.8 Å². The van der Waals surface area contributed by atoms with Gasteiger partial charge in [-0.3, -0.25) is 4.79 Å². The molecule has 8 nitrogen and oxygen atoms in total. The highest BCUT2D eigenvalue weighted by molar-refractivity contribution is 5.95. The van der Waals surface area contributed by atoms with Gasteiger partial charge in [0.2, 0.25) is 0 Å². The highest BCUT2D eigenvalue weighted by Crippen LogP contribution is 2.33. The average molecular weight is 479 g/mol. The van der Waals surface area contributed by atoms with E-state index in [4.69, 9.17) is 10.5 Å². The lowest BCUT2D eigenvalue weighted by molar-refractivity contribution is 0.0912. The standard InChI is InChI=1S/C26H27FN4O4/c1-35-26(34)31-10-9-18(14-31)19-11-21(24(28)29-13-19)17-7-8-20(22(27)12-17)25(33)30-23(15-32)16-5-3-2-4-6-16/h2-8,11-13,18,23,32H,9-10,14-15H2,1H3,(H2,28,29)(H,30,33)/t18?,23-/m1/s1. The predicted octanol–water partition coefficient (Wildman–Crippen LogP) is 3.49. The molecule has 35 heavy (non-hydrogen) atoms. The molecule has 1 aliphatic heterocycles. The van der Waals surface area contributed by atoms with Gasteiger partial charge in [0.25, 0.3) is 5.91 Å². The van der Waals surface area contributed by atoms with Crippen molar-refractivity contribution in [2.45, 2.75) is 18.4 Å². The minimum Gasteiger partial charge on any atom is -0.453 e. The van der Waals surface area contributed by atoms with Gasteiger partial charge in [-0.25, -0.2) is 14.2 Å². The Balaban J connectivity index is 1.54. The van der Waals surface area contributed by atoms with Crippen LogP contribution in [0.2, 0.25) is 0 Å². The Bertz CT molecular complexity index is 1220. The van der Waals surface area contributed by atoms with E-state index in [0.717, 1.165) is 12.0 Å². The quantitative estimate of drug-likeness (QED) is 0.499. The van der Waals surface area contributed by atoms with Crippen LogP contribution in [0.1, 0.15) is 39.9 Å². The Kier molecular flexibility index (Phi) is 7.26. The molecule has 1 aromatic heterocycles. The van der Waals surface area contributed by atoms with Gasteiger partial charge in [0.1, 0.15) is 11.6 Å². The van der Waals surface area contributed by atoms with Crippen molar-refractivity contribution in [3.05, 3.63) is 83.3 Å². The summed E-state index contributed by atoms with van der Waals surface area (Å²) in [5, 5.41) is 12.4. The number of amides is 2. The molecule has 1 fully saturated rings. The van der Waals surface area contributed by atoms with Gasteiger partial charge in [-0.15, -0.1) is 0 Å². The molecule has 0 bridgehead atoms. The lowest BCUT2D eigenvalue weighted by Gasteiger charge is -2.17. The number of anilines is 1. The normalized spacial score (nSPS) is 16.1. The van der Waals surface area contributed by atoms with Gasteiger partial charge in [-0.2, -0.15) is 0 Å². The van der Waals surface area contributed by atoms with Crippen molar-refractivity contribution in [1.82, 2.24) is 15.2 Å². The zero-order valence-electron chi connectivity index (χ0n) is 19.3. The van der Waals surface area contributed by atoms with E-state index in [2.05, 4.69) is 10.3 Å². The maximum atomic E-state index is 15.0. The summed E-state index contributed by atoms with van der Waals surface area (Å²) < 4.78 is 19.8. The van der Waals surface area contributed by atoms with Gasteiger partial charge in [0, 0.05) is 30.8 Å². The van der Waals surface area contributed by atoms with Crippen LogP contribution in [0.5, 0.6) is 0 Å². The summed E-state index contributed by atoms with van der Waals surface area (Å²) in [5.41, 5.74) is 8.57. The minimum absolute atomic E-state index is 0.0595.